The number of carbonyl (C=O) groups is 1. The average molecular weight is 363 g/mol. The summed E-state index contributed by atoms with van der Waals surface area (Å²) < 4.78 is 0.986. The first-order valence-corrected chi connectivity index (χ1v) is 9.20. The third kappa shape index (κ3) is 2.95. The molecule has 3 nitrogen and oxygen atoms in total. The molecule has 4 bridgehead atoms. The van der Waals surface area contributed by atoms with Gasteiger partial charge >= 0.3 is 0 Å². The van der Waals surface area contributed by atoms with Crippen LogP contribution in [0, 0.1) is 17.8 Å². The van der Waals surface area contributed by atoms with Gasteiger partial charge in [-0.1, -0.05) is 22.0 Å². The highest BCUT2D eigenvalue weighted by Gasteiger charge is 2.50. The van der Waals surface area contributed by atoms with E-state index in [4.69, 9.17) is 0 Å². The standard InChI is InChI=1S/C18H23BrN2O/c19-15-2-1-3-16(7-15)21-17(22)11-20-18-8-12-4-13(9-18)6-14(5-12)10-18/h1-3,7,12-14,20H,4-6,8-11H2,(H,21,22). The molecule has 0 heterocycles. The molecule has 0 atom stereocenters. The maximum Gasteiger partial charge on any atom is 0.238 e. The van der Waals surface area contributed by atoms with Crippen LogP contribution in [0.4, 0.5) is 5.69 Å². The summed E-state index contributed by atoms with van der Waals surface area (Å²) in [7, 11) is 0. The first-order valence-electron chi connectivity index (χ1n) is 8.41. The van der Waals surface area contributed by atoms with E-state index in [2.05, 4.69) is 26.6 Å². The van der Waals surface area contributed by atoms with Crippen LogP contribution in [0.2, 0.25) is 0 Å². The van der Waals surface area contributed by atoms with Gasteiger partial charge in [0, 0.05) is 15.7 Å². The number of hydrogen-bond donors (Lipinski definition) is 2. The van der Waals surface area contributed by atoms with Crippen molar-refractivity contribution < 1.29 is 4.79 Å². The summed E-state index contributed by atoms with van der Waals surface area (Å²) in [6.07, 6.45) is 8.15. The van der Waals surface area contributed by atoms with Crippen LogP contribution in [0.1, 0.15) is 38.5 Å². The van der Waals surface area contributed by atoms with E-state index in [1.54, 1.807) is 0 Å². The molecule has 0 aliphatic heterocycles. The number of benzene rings is 1. The second kappa shape index (κ2) is 5.64. The van der Waals surface area contributed by atoms with Gasteiger partial charge in [0.2, 0.25) is 5.91 Å². The smallest absolute Gasteiger partial charge is 0.238 e. The summed E-state index contributed by atoms with van der Waals surface area (Å²) in [5, 5.41) is 6.62. The molecule has 4 saturated carbocycles. The van der Waals surface area contributed by atoms with Crippen molar-refractivity contribution in [2.45, 2.75) is 44.1 Å². The van der Waals surface area contributed by atoms with E-state index in [-0.39, 0.29) is 11.4 Å². The fraction of sp³-hybridized carbons (Fsp3) is 0.611. The fourth-order valence-electron chi connectivity index (χ4n) is 5.37. The fourth-order valence-corrected chi connectivity index (χ4v) is 5.77. The predicted octanol–water partition coefficient (Wildman–Crippen LogP) is 3.95. The van der Waals surface area contributed by atoms with Gasteiger partial charge in [0.15, 0.2) is 0 Å². The van der Waals surface area contributed by atoms with Crippen LogP contribution in [-0.2, 0) is 4.79 Å². The highest BCUT2D eigenvalue weighted by Crippen LogP contribution is 2.55. The van der Waals surface area contributed by atoms with Gasteiger partial charge in [-0.05, 0) is 74.5 Å². The molecule has 0 radical (unpaired) electrons. The zero-order valence-corrected chi connectivity index (χ0v) is 14.4. The van der Waals surface area contributed by atoms with Gasteiger partial charge in [0.05, 0.1) is 6.54 Å². The molecular weight excluding hydrogens is 340 g/mol. The molecule has 2 N–H and O–H groups in total. The van der Waals surface area contributed by atoms with Gasteiger partial charge in [-0.2, -0.15) is 0 Å². The molecule has 4 aliphatic rings. The molecule has 4 fully saturated rings. The monoisotopic (exact) mass is 362 g/mol. The Bertz CT molecular complexity index is 551. The van der Waals surface area contributed by atoms with Crippen LogP contribution in [0.15, 0.2) is 28.7 Å². The van der Waals surface area contributed by atoms with Crippen LogP contribution in [-0.4, -0.2) is 18.0 Å². The molecule has 0 aromatic heterocycles. The molecule has 5 rings (SSSR count). The van der Waals surface area contributed by atoms with Crippen molar-refractivity contribution in [2.24, 2.45) is 17.8 Å². The van der Waals surface area contributed by atoms with E-state index in [0.29, 0.717) is 6.54 Å². The Hall–Kier alpha value is -0.870. The highest BCUT2D eigenvalue weighted by atomic mass is 79.9. The summed E-state index contributed by atoms with van der Waals surface area (Å²) in [6.45, 7) is 0.429. The van der Waals surface area contributed by atoms with E-state index in [0.717, 1.165) is 27.9 Å². The lowest BCUT2D eigenvalue weighted by Crippen LogP contribution is -2.59. The Morgan fingerprint density at radius 2 is 1.77 bits per heavy atom. The highest BCUT2D eigenvalue weighted by molar-refractivity contribution is 9.10. The number of hydrogen-bond acceptors (Lipinski definition) is 2. The van der Waals surface area contributed by atoms with E-state index >= 15 is 0 Å². The first kappa shape index (κ1) is 14.7. The Kier molecular flexibility index (Phi) is 3.77. The second-order valence-corrected chi connectivity index (χ2v) is 8.53. The Balaban J connectivity index is 1.35. The summed E-state index contributed by atoms with van der Waals surface area (Å²) in [5.41, 5.74) is 1.11. The van der Waals surface area contributed by atoms with Crippen molar-refractivity contribution in [2.75, 3.05) is 11.9 Å². The third-order valence-electron chi connectivity index (χ3n) is 5.77. The van der Waals surface area contributed by atoms with Crippen molar-refractivity contribution in [1.29, 1.82) is 0 Å². The quantitative estimate of drug-likeness (QED) is 0.851. The van der Waals surface area contributed by atoms with E-state index in [1.807, 2.05) is 24.3 Å². The van der Waals surface area contributed by atoms with Crippen molar-refractivity contribution in [3.05, 3.63) is 28.7 Å². The van der Waals surface area contributed by atoms with Crippen LogP contribution < -0.4 is 10.6 Å². The lowest BCUT2D eigenvalue weighted by Gasteiger charge is -2.57. The molecule has 0 spiro atoms. The van der Waals surface area contributed by atoms with E-state index < -0.39 is 0 Å². The number of rotatable bonds is 4. The number of anilines is 1. The minimum Gasteiger partial charge on any atom is -0.325 e. The van der Waals surface area contributed by atoms with Crippen LogP contribution in [0.25, 0.3) is 0 Å². The molecular formula is C18H23BrN2O. The summed E-state index contributed by atoms with van der Waals surface area (Å²) in [6, 6.07) is 7.76. The van der Waals surface area contributed by atoms with Crippen molar-refractivity contribution in [3.8, 4) is 0 Å². The van der Waals surface area contributed by atoms with Crippen LogP contribution in [0.5, 0.6) is 0 Å². The summed E-state index contributed by atoms with van der Waals surface area (Å²) >= 11 is 3.43. The van der Waals surface area contributed by atoms with Gasteiger partial charge in [-0.25, -0.2) is 0 Å². The number of carbonyl (C=O) groups excluding carboxylic acids is 1. The number of halogens is 1. The first-order chi connectivity index (χ1) is 10.6. The molecule has 1 amide bonds. The van der Waals surface area contributed by atoms with Gasteiger partial charge in [-0.3, -0.25) is 4.79 Å². The largest absolute Gasteiger partial charge is 0.325 e. The molecule has 1 aromatic rings. The summed E-state index contributed by atoms with van der Waals surface area (Å²) in [5.74, 6) is 2.79. The molecule has 4 heteroatoms. The maximum atomic E-state index is 12.2. The van der Waals surface area contributed by atoms with Crippen molar-refractivity contribution in [3.63, 3.8) is 0 Å². The van der Waals surface area contributed by atoms with Gasteiger partial charge in [-0.15, -0.1) is 0 Å². The predicted molar refractivity (Wildman–Crippen MR) is 91.7 cm³/mol. The van der Waals surface area contributed by atoms with Gasteiger partial charge < -0.3 is 10.6 Å². The third-order valence-corrected chi connectivity index (χ3v) is 6.26. The SMILES string of the molecule is O=C(CNC12CC3CC(CC(C3)C1)C2)Nc1cccc(Br)c1. The maximum absolute atomic E-state index is 12.2. The summed E-state index contributed by atoms with van der Waals surface area (Å²) in [4.78, 5) is 12.2. The Morgan fingerprint density at radius 1 is 1.14 bits per heavy atom. The number of nitrogens with one attached hydrogen (secondary N) is 2. The Labute approximate surface area is 140 Å². The second-order valence-electron chi connectivity index (χ2n) is 7.61. The molecule has 0 unspecified atom stereocenters. The topological polar surface area (TPSA) is 41.1 Å². The molecule has 4 aliphatic carbocycles. The van der Waals surface area contributed by atoms with Crippen LogP contribution >= 0.6 is 15.9 Å². The normalized spacial score (nSPS) is 35.6. The average Bonchev–Trinajstić information content (AvgIpc) is 2.44. The lowest BCUT2D eigenvalue weighted by atomic mass is 9.53. The molecule has 118 valence electrons. The van der Waals surface area contributed by atoms with Crippen molar-refractivity contribution in [1.82, 2.24) is 5.32 Å². The van der Waals surface area contributed by atoms with Crippen LogP contribution in [0.3, 0.4) is 0 Å². The minimum absolute atomic E-state index is 0.0637. The molecule has 1 aromatic carbocycles. The zero-order valence-electron chi connectivity index (χ0n) is 12.8. The van der Waals surface area contributed by atoms with Gasteiger partial charge in [0.1, 0.15) is 0 Å². The molecule has 22 heavy (non-hydrogen) atoms. The number of amides is 1. The van der Waals surface area contributed by atoms with E-state index in [1.165, 1.54) is 38.5 Å². The minimum atomic E-state index is 0.0637. The molecule has 0 saturated heterocycles. The zero-order chi connectivity index (χ0) is 15.2. The lowest BCUT2D eigenvalue weighted by molar-refractivity contribution is -0.116. The Morgan fingerprint density at radius 3 is 2.36 bits per heavy atom. The van der Waals surface area contributed by atoms with Gasteiger partial charge in [0.25, 0.3) is 0 Å². The van der Waals surface area contributed by atoms with Crippen molar-refractivity contribution >= 4 is 27.5 Å². The van der Waals surface area contributed by atoms with E-state index in [9.17, 15) is 4.79 Å².